The molecule has 0 saturated carbocycles. The maximum absolute atomic E-state index is 12.3. The van der Waals surface area contributed by atoms with Gasteiger partial charge in [0.15, 0.2) is 0 Å². The number of carbonyl (C=O) groups is 1. The standard InChI is InChI=1S/C18H18ClN3O3S/c1-9(2)25-18(23)15-10(3)14-16(20-8-21-17(14)26-15)22-12-7-11(19)5-6-13(12)24-4/h5-9H,1-4H3,(H,20,21,22). The van der Waals surface area contributed by atoms with Crippen molar-refractivity contribution in [3.63, 3.8) is 0 Å². The minimum atomic E-state index is -0.355. The third kappa shape index (κ3) is 3.59. The van der Waals surface area contributed by atoms with Crippen molar-refractivity contribution >= 4 is 50.6 Å². The molecule has 0 spiro atoms. The van der Waals surface area contributed by atoms with Gasteiger partial charge >= 0.3 is 5.97 Å². The maximum atomic E-state index is 12.3. The molecule has 0 aliphatic carbocycles. The molecular formula is C18H18ClN3O3S. The number of hydrogen-bond donors (Lipinski definition) is 1. The lowest BCUT2D eigenvalue weighted by atomic mass is 10.2. The van der Waals surface area contributed by atoms with Gasteiger partial charge in [0.25, 0.3) is 0 Å². The van der Waals surface area contributed by atoms with E-state index in [9.17, 15) is 4.79 Å². The smallest absolute Gasteiger partial charge is 0.348 e. The molecular weight excluding hydrogens is 374 g/mol. The number of aromatic nitrogens is 2. The van der Waals surface area contributed by atoms with E-state index in [1.54, 1.807) is 25.3 Å². The number of esters is 1. The molecule has 0 unspecified atom stereocenters. The van der Waals surface area contributed by atoms with Crippen molar-refractivity contribution < 1.29 is 14.3 Å². The van der Waals surface area contributed by atoms with Gasteiger partial charge < -0.3 is 14.8 Å². The first-order valence-electron chi connectivity index (χ1n) is 7.96. The summed E-state index contributed by atoms with van der Waals surface area (Å²) in [6.45, 7) is 5.50. The van der Waals surface area contributed by atoms with Crippen LogP contribution in [0.4, 0.5) is 11.5 Å². The van der Waals surface area contributed by atoms with Gasteiger partial charge in [-0.2, -0.15) is 0 Å². The number of aryl methyl sites for hydroxylation is 1. The molecule has 0 saturated heterocycles. The van der Waals surface area contributed by atoms with Crippen molar-refractivity contribution in [2.75, 3.05) is 12.4 Å². The lowest BCUT2D eigenvalue weighted by Crippen LogP contribution is -2.11. The number of rotatable bonds is 5. The highest BCUT2D eigenvalue weighted by Crippen LogP contribution is 2.37. The number of halogens is 1. The Hall–Kier alpha value is -2.38. The molecule has 136 valence electrons. The molecule has 0 aliphatic heterocycles. The predicted octanol–water partition coefficient (Wildman–Crippen LogP) is 4.97. The van der Waals surface area contributed by atoms with Gasteiger partial charge in [-0.05, 0) is 44.5 Å². The van der Waals surface area contributed by atoms with Crippen molar-refractivity contribution in [1.82, 2.24) is 9.97 Å². The second-order valence-corrected chi connectivity index (χ2v) is 7.32. The molecule has 1 aromatic carbocycles. The number of benzene rings is 1. The molecule has 1 N–H and O–H groups in total. The molecule has 26 heavy (non-hydrogen) atoms. The van der Waals surface area contributed by atoms with Crippen molar-refractivity contribution in [3.05, 3.63) is 40.0 Å². The van der Waals surface area contributed by atoms with Crippen LogP contribution in [0.1, 0.15) is 29.1 Å². The number of hydrogen-bond acceptors (Lipinski definition) is 7. The summed E-state index contributed by atoms with van der Waals surface area (Å²) in [5, 5.41) is 4.58. The van der Waals surface area contributed by atoms with Crippen LogP contribution in [0.15, 0.2) is 24.5 Å². The Balaban J connectivity index is 2.06. The number of thiophene rings is 1. The van der Waals surface area contributed by atoms with E-state index in [1.165, 1.54) is 17.7 Å². The first-order chi connectivity index (χ1) is 12.4. The van der Waals surface area contributed by atoms with Crippen molar-refractivity contribution in [2.24, 2.45) is 0 Å². The van der Waals surface area contributed by atoms with Crippen molar-refractivity contribution in [1.29, 1.82) is 0 Å². The minimum Gasteiger partial charge on any atom is -0.495 e. The fourth-order valence-electron chi connectivity index (χ4n) is 2.53. The van der Waals surface area contributed by atoms with E-state index in [2.05, 4.69) is 15.3 Å². The van der Waals surface area contributed by atoms with Crippen molar-refractivity contribution in [2.45, 2.75) is 26.9 Å². The van der Waals surface area contributed by atoms with Gasteiger partial charge in [-0.25, -0.2) is 14.8 Å². The van der Waals surface area contributed by atoms with Gasteiger partial charge in [0.2, 0.25) is 0 Å². The normalized spacial score (nSPS) is 11.0. The fraction of sp³-hybridized carbons (Fsp3) is 0.278. The topological polar surface area (TPSA) is 73.3 Å². The highest BCUT2D eigenvalue weighted by atomic mass is 35.5. The van der Waals surface area contributed by atoms with E-state index in [4.69, 9.17) is 21.1 Å². The Morgan fingerprint density at radius 3 is 2.77 bits per heavy atom. The van der Waals surface area contributed by atoms with Crippen LogP contribution in [-0.2, 0) is 4.74 Å². The predicted molar refractivity (Wildman–Crippen MR) is 104 cm³/mol. The number of carbonyl (C=O) groups excluding carboxylic acids is 1. The second kappa shape index (κ2) is 7.47. The lowest BCUT2D eigenvalue weighted by Gasteiger charge is -2.12. The third-order valence-corrected chi connectivity index (χ3v) is 5.08. The van der Waals surface area contributed by atoms with Crippen LogP contribution in [0.5, 0.6) is 5.75 Å². The zero-order valence-electron chi connectivity index (χ0n) is 14.8. The molecule has 0 radical (unpaired) electrons. The van der Waals surface area contributed by atoms with Gasteiger partial charge in [0, 0.05) is 5.02 Å². The summed E-state index contributed by atoms with van der Waals surface area (Å²) in [7, 11) is 1.58. The summed E-state index contributed by atoms with van der Waals surface area (Å²) >= 11 is 7.39. The number of anilines is 2. The fourth-order valence-corrected chi connectivity index (χ4v) is 3.74. The zero-order valence-corrected chi connectivity index (χ0v) is 16.4. The summed E-state index contributed by atoms with van der Waals surface area (Å²) < 4.78 is 10.7. The molecule has 3 aromatic rings. The van der Waals surface area contributed by atoms with E-state index >= 15 is 0 Å². The number of ether oxygens (including phenoxy) is 2. The first kappa shape index (κ1) is 18.4. The highest BCUT2D eigenvalue weighted by molar-refractivity contribution is 7.20. The molecule has 2 aromatic heterocycles. The summed E-state index contributed by atoms with van der Waals surface area (Å²) in [4.78, 5) is 22.2. The minimum absolute atomic E-state index is 0.188. The average molecular weight is 392 g/mol. The Kier molecular flexibility index (Phi) is 5.29. The van der Waals surface area contributed by atoms with Gasteiger partial charge in [-0.15, -0.1) is 11.3 Å². The van der Waals surface area contributed by atoms with Crippen LogP contribution in [0.25, 0.3) is 10.2 Å². The van der Waals surface area contributed by atoms with Crippen LogP contribution in [0.2, 0.25) is 5.02 Å². The molecule has 0 aliphatic rings. The average Bonchev–Trinajstić information content (AvgIpc) is 2.93. The van der Waals surface area contributed by atoms with Crippen LogP contribution < -0.4 is 10.1 Å². The molecule has 3 rings (SSSR count). The number of nitrogens with zero attached hydrogens (tertiary/aromatic N) is 2. The Morgan fingerprint density at radius 2 is 2.08 bits per heavy atom. The number of fused-ring (bicyclic) bond motifs is 1. The van der Waals surface area contributed by atoms with Crippen LogP contribution in [0.3, 0.4) is 0 Å². The first-order valence-corrected chi connectivity index (χ1v) is 9.15. The molecule has 6 nitrogen and oxygen atoms in total. The Labute approximate surface area is 160 Å². The Morgan fingerprint density at radius 1 is 1.31 bits per heavy atom. The quantitative estimate of drug-likeness (QED) is 0.619. The largest absolute Gasteiger partial charge is 0.495 e. The van der Waals surface area contributed by atoms with E-state index < -0.39 is 0 Å². The lowest BCUT2D eigenvalue weighted by molar-refractivity contribution is 0.0383. The Bertz CT molecular complexity index is 972. The molecule has 0 bridgehead atoms. The third-order valence-electron chi connectivity index (χ3n) is 3.67. The van der Waals surface area contributed by atoms with Crippen molar-refractivity contribution in [3.8, 4) is 5.75 Å². The van der Waals surface area contributed by atoms with Crippen LogP contribution in [-0.4, -0.2) is 29.2 Å². The SMILES string of the molecule is COc1ccc(Cl)cc1Nc1ncnc2sc(C(=O)OC(C)C)c(C)c12. The number of methoxy groups -OCH3 is 1. The monoisotopic (exact) mass is 391 g/mol. The second-order valence-electron chi connectivity index (χ2n) is 5.88. The van der Waals surface area contributed by atoms with Gasteiger partial charge in [0.1, 0.15) is 27.6 Å². The summed E-state index contributed by atoms with van der Waals surface area (Å²) in [5.74, 6) is 0.855. The van der Waals surface area contributed by atoms with E-state index in [0.717, 1.165) is 10.9 Å². The molecule has 2 heterocycles. The van der Waals surface area contributed by atoms with Crippen LogP contribution in [0, 0.1) is 6.92 Å². The maximum Gasteiger partial charge on any atom is 0.348 e. The van der Waals surface area contributed by atoms with Crippen LogP contribution >= 0.6 is 22.9 Å². The van der Waals surface area contributed by atoms with E-state index in [-0.39, 0.29) is 12.1 Å². The summed E-state index contributed by atoms with van der Waals surface area (Å²) in [6, 6.07) is 5.27. The molecule has 0 amide bonds. The van der Waals surface area contributed by atoms with Gasteiger partial charge in [-0.1, -0.05) is 11.6 Å². The number of nitrogens with one attached hydrogen (secondary N) is 1. The molecule has 0 fully saturated rings. The van der Waals surface area contributed by atoms with E-state index in [0.29, 0.717) is 32.0 Å². The summed E-state index contributed by atoms with van der Waals surface area (Å²) in [5.41, 5.74) is 1.46. The summed E-state index contributed by atoms with van der Waals surface area (Å²) in [6.07, 6.45) is 1.27. The molecule has 0 atom stereocenters. The highest BCUT2D eigenvalue weighted by Gasteiger charge is 2.21. The zero-order chi connectivity index (χ0) is 18.8. The molecule has 8 heteroatoms. The van der Waals surface area contributed by atoms with Gasteiger partial charge in [-0.3, -0.25) is 0 Å². The van der Waals surface area contributed by atoms with Gasteiger partial charge in [0.05, 0.1) is 24.3 Å². The van der Waals surface area contributed by atoms with E-state index in [1.807, 2.05) is 20.8 Å².